The Morgan fingerprint density at radius 1 is 1.71 bits per heavy atom. The van der Waals surface area contributed by atoms with Crippen LogP contribution < -0.4 is 0 Å². The number of hydrogen-bond donors (Lipinski definition) is 0. The van der Waals surface area contributed by atoms with Crippen molar-refractivity contribution < 1.29 is 4.79 Å². The summed E-state index contributed by atoms with van der Waals surface area (Å²) >= 11 is 3.32. The van der Waals surface area contributed by atoms with Crippen LogP contribution in [-0.4, -0.2) is 23.1 Å². The minimum Gasteiger partial charge on any atom is -0.314 e. The molecule has 0 aliphatic carbocycles. The van der Waals surface area contributed by atoms with Gasteiger partial charge in [-0.25, -0.2) is 0 Å². The number of nitrogens with zero attached hydrogens (tertiary/aromatic N) is 1. The molecule has 0 radical (unpaired) electrons. The average Bonchev–Trinajstić information content (AvgIpc) is 2.77. The van der Waals surface area contributed by atoms with E-state index in [-0.39, 0.29) is 11.3 Å². The summed E-state index contributed by atoms with van der Waals surface area (Å²) in [7, 11) is 0. The van der Waals surface area contributed by atoms with Crippen LogP contribution in [0.2, 0.25) is 0 Å². The van der Waals surface area contributed by atoms with Crippen LogP contribution in [0, 0.1) is 12.3 Å². The van der Waals surface area contributed by atoms with Crippen molar-refractivity contribution in [2.45, 2.75) is 5.37 Å². The quantitative estimate of drug-likeness (QED) is 0.714. The van der Waals surface area contributed by atoms with Crippen molar-refractivity contribution in [3.8, 4) is 12.3 Å². The molecule has 0 spiro atoms. The number of hydrogen-bond acceptors (Lipinski definition) is 3. The van der Waals surface area contributed by atoms with Gasteiger partial charge in [0.2, 0.25) is 5.91 Å². The molecular weight excluding hydrogens is 214 g/mol. The van der Waals surface area contributed by atoms with Crippen molar-refractivity contribution in [3.63, 3.8) is 0 Å². The maximum absolute atomic E-state index is 11.5. The third kappa shape index (κ3) is 1.66. The summed E-state index contributed by atoms with van der Waals surface area (Å²) in [6.07, 6.45) is 5.24. The molecule has 72 valence electrons. The number of carbonyl (C=O) groups excluding carboxylic acids is 1. The molecule has 2 nitrogen and oxygen atoms in total. The van der Waals surface area contributed by atoms with Gasteiger partial charge in [-0.1, -0.05) is 12.0 Å². The Labute approximate surface area is 91.3 Å². The molecule has 1 atom stereocenters. The molecule has 0 aromatic carbocycles. The van der Waals surface area contributed by atoms with Crippen molar-refractivity contribution in [1.29, 1.82) is 0 Å². The van der Waals surface area contributed by atoms with E-state index >= 15 is 0 Å². The van der Waals surface area contributed by atoms with E-state index in [0.717, 1.165) is 0 Å². The van der Waals surface area contributed by atoms with Gasteiger partial charge in [0.25, 0.3) is 0 Å². The number of rotatable bonds is 2. The van der Waals surface area contributed by atoms with Crippen LogP contribution in [0.15, 0.2) is 17.5 Å². The molecule has 2 rings (SSSR count). The van der Waals surface area contributed by atoms with Crippen LogP contribution >= 0.6 is 23.1 Å². The molecule has 2 heterocycles. The highest BCUT2D eigenvalue weighted by Crippen LogP contribution is 2.40. The highest BCUT2D eigenvalue weighted by molar-refractivity contribution is 8.00. The van der Waals surface area contributed by atoms with E-state index in [9.17, 15) is 4.79 Å². The minimum atomic E-state index is 0.138. The monoisotopic (exact) mass is 223 g/mol. The van der Waals surface area contributed by atoms with Gasteiger partial charge in [-0.05, 0) is 11.4 Å². The fourth-order valence-electron chi connectivity index (χ4n) is 1.39. The molecule has 0 N–H and O–H groups in total. The fraction of sp³-hybridized carbons (Fsp3) is 0.300. The number of amides is 1. The Bertz CT molecular complexity index is 366. The molecule has 1 aromatic rings. The molecule has 1 saturated heterocycles. The predicted molar refractivity (Wildman–Crippen MR) is 60.1 cm³/mol. The molecule has 1 fully saturated rings. The second-order valence-corrected chi connectivity index (χ2v) is 4.95. The number of thioether (sulfide) groups is 1. The smallest absolute Gasteiger partial charge is 0.234 e. The van der Waals surface area contributed by atoms with E-state index in [0.29, 0.717) is 12.3 Å². The first-order chi connectivity index (χ1) is 6.83. The Morgan fingerprint density at radius 2 is 2.57 bits per heavy atom. The zero-order valence-electron chi connectivity index (χ0n) is 7.47. The van der Waals surface area contributed by atoms with E-state index in [1.54, 1.807) is 28.0 Å². The van der Waals surface area contributed by atoms with Crippen LogP contribution in [0.3, 0.4) is 0 Å². The molecule has 1 aliphatic heterocycles. The van der Waals surface area contributed by atoms with Gasteiger partial charge in [0, 0.05) is 4.88 Å². The van der Waals surface area contributed by atoms with E-state index in [2.05, 4.69) is 5.92 Å². The van der Waals surface area contributed by atoms with Crippen LogP contribution in [0.25, 0.3) is 0 Å². The number of thiophene rings is 1. The van der Waals surface area contributed by atoms with E-state index in [4.69, 9.17) is 6.42 Å². The van der Waals surface area contributed by atoms with E-state index in [1.165, 1.54) is 4.88 Å². The summed E-state index contributed by atoms with van der Waals surface area (Å²) in [4.78, 5) is 14.4. The summed E-state index contributed by atoms with van der Waals surface area (Å²) in [5, 5.41) is 2.16. The zero-order chi connectivity index (χ0) is 9.97. The van der Waals surface area contributed by atoms with Gasteiger partial charge >= 0.3 is 0 Å². The zero-order valence-corrected chi connectivity index (χ0v) is 9.11. The Morgan fingerprint density at radius 3 is 3.21 bits per heavy atom. The predicted octanol–water partition coefficient (Wildman–Crippen LogP) is 1.96. The first kappa shape index (κ1) is 9.63. The van der Waals surface area contributed by atoms with Gasteiger partial charge in [0.15, 0.2) is 0 Å². The molecule has 1 aromatic heterocycles. The van der Waals surface area contributed by atoms with Gasteiger partial charge < -0.3 is 4.90 Å². The SMILES string of the molecule is C#CCN1C(=O)CSC1c1cccs1. The van der Waals surface area contributed by atoms with Gasteiger partial charge in [-0.2, -0.15) is 0 Å². The maximum Gasteiger partial charge on any atom is 0.234 e. The van der Waals surface area contributed by atoms with Crippen LogP contribution in [0.5, 0.6) is 0 Å². The third-order valence-corrected chi connectivity index (χ3v) is 4.33. The van der Waals surface area contributed by atoms with E-state index in [1.807, 2.05) is 17.5 Å². The lowest BCUT2D eigenvalue weighted by Crippen LogP contribution is -2.28. The highest BCUT2D eigenvalue weighted by atomic mass is 32.2. The second kappa shape index (κ2) is 4.07. The molecule has 1 amide bonds. The van der Waals surface area contributed by atoms with Crippen LogP contribution in [0.1, 0.15) is 10.3 Å². The first-order valence-electron chi connectivity index (χ1n) is 4.21. The fourth-order valence-corrected chi connectivity index (χ4v) is 3.56. The minimum absolute atomic E-state index is 0.138. The van der Waals surface area contributed by atoms with Crippen molar-refractivity contribution in [1.82, 2.24) is 4.90 Å². The lowest BCUT2D eigenvalue weighted by Gasteiger charge is -2.20. The van der Waals surface area contributed by atoms with Crippen molar-refractivity contribution >= 4 is 29.0 Å². The summed E-state index contributed by atoms with van der Waals surface area (Å²) in [6, 6.07) is 4.04. The Hall–Kier alpha value is -0.920. The summed E-state index contributed by atoms with van der Waals surface area (Å²) < 4.78 is 0. The molecule has 1 aliphatic rings. The standard InChI is InChI=1S/C10H9NOS2/c1-2-5-11-9(12)7-14-10(11)8-4-3-6-13-8/h1,3-4,6,10H,5,7H2. The van der Waals surface area contributed by atoms with Gasteiger partial charge in [-0.3, -0.25) is 4.79 Å². The largest absolute Gasteiger partial charge is 0.314 e. The lowest BCUT2D eigenvalue weighted by molar-refractivity contribution is -0.127. The molecular formula is C10H9NOS2. The highest BCUT2D eigenvalue weighted by Gasteiger charge is 2.32. The molecule has 4 heteroatoms. The van der Waals surface area contributed by atoms with Gasteiger partial charge in [0.1, 0.15) is 5.37 Å². The van der Waals surface area contributed by atoms with Gasteiger partial charge in [0.05, 0.1) is 12.3 Å². The Balaban J connectivity index is 2.20. The Kier molecular flexibility index (Phi) is 2.80. The van der Waals surface area contributed by atoms with Crippen molar-refractivity contribution in [2.75, 3.05) is 12.3 Å². The maximum atomic E-state index is 11.5. The molecule has 1 unspecified atom stereocenters. The molecule has 0 bridgehead atoms. The number of terminal acetylenes is 1. The van der Waals surface area contributed by atoms with E-state index < -0.39 is 0 Å². The van der Waals surface area contributed by atoms with Crippen molar-refractivity contribution in [3.05, 3.63) is 22.4 Å². The molecule has 0 saturated carbocycles. The topological polar surface area (TPSA) is 20.3 Å². The normalized spacial score (nSPS) is 21.2. The van der Waals surface area contributed by atoms with Crippen LogP contribution in [0.4, 0.5) is 0 Å². The van der Waals surface area contributed by atoms with Crippen LogP contribution in [-0.2, 0) is 4.79 Å². The lowest BCUT2D eigenvalue weighted by atomic mass is 10.4. The molecule has 14 heavy (non-hydrogen) atoms. The first-order valence-corrected chi connectivity index (χ1v) is 6.13. The third-order valence-electron chi connectivity index (χ3n) is 2.02. The summed E-state index contributed by atoms with van der Waals surface area (Å²) in [6.45, 7) is 0.411. The summed E-state index contributed by atoms with van der Waals surface area (Å²) in [5.41, 5.74) is 0. The second-order valence-electron chi connectivity index (χ2n) is 2.90. The average molecular weight is 223 g/mol. The van der Waals surface area contributed by atoms with Gasteiger partial charge in [-0.15, -0.1) is 29.5 Å². The van der Waals surface area contributed by atoms with Crippen molar-refractivity contribution in [2.24, 2.45) is 0 Å². The summed E-state index contributed by atoms with van der Waals surface area (Å²) in [5.74, 6) is 3.22. The number of carbonyl (C=O) groups is 1.